The largest absolute Gasteiger partial charge is 0.352 e. The van der Waals surface area contributed by atoms with E-state index in [1.165, 1.54) is 12.1 Å². The molecular formula is C26H24FN3O3S. The lowest BCUT2D eigenvalue weighted by Crippen LogP contribution is -2.35. The molecule has 1 aliphatic heterocycles. The summed E-state index contributed by atoms with van der Waals surface area (Å²) in [5.74, 6) is -0.778. The van der Waals surface area contributed by atoms with Gasteiger partial charge in [-0.05, 0) is 54.4 Å². The van der Waals surface area contributed by atoms with Crippen molar-refractivity contribution >= 4 is 45.8 Å². The van der Waals surface area contributed by atoms with E-state index in [4.69, 9.17) is 0 Å². The Labute approximate surface area is 200 Å². The van der Waals surface area contributed by atoms with E-state index >= 15 is 0 Å². The highest BCUT2D eigenvalue weighted by Crippen LogP contribution is 2.35. The number of benzene rings is 2. The lowest BCUT2D eigenvalue weighted by atomic mass is 10.1. The molecule has 1 saturated carbocycles. The molecule has 0 atom stereocenters. The van der Waals surface area contributed by atoms with Crippen LogP contribution in [0.2, 0.25) is 0 Å². The predicted molar refractivity (Wildman–Crippen MR) is 130 cm³/mol. The number of rotatable bonds is 6. The fraction of sp³-hybridized carbons (Fsp3) is 0.269. The predicted octanol–water partition coefficient (Wildman–Crippen LogP) is 5.08. The Kier molecular flexibility index (Phi) is 6.24. The van der Waals surface area contributed by atoms with Gasteiger partial charge in [-0.2, -0.15) is 0 Å². The van der Waals surface area contributed by atoms with Crippen LogP contribution in [0.3, 0.4) is 0 Å². The zero-order valence-corrected chi connectivity index (χ0v) is 19.3. The van der Waals surface area contributed by atoms with Crippen LogP contribution in [0, 0.1) is 5.82 Å². The number of nitrogens with one attached hydrogen (secondary N) is 1. The Bertz CT molecular complexity index is 1290. The van der Waals surface area contributed by atoms with Gasteiger partial charge in [-0.3, -0.25) is 19.3 Å². The molecule has 1 aromatic heterocycles. The molecular weight excluding hydrogens is 453 g/mol. The number of imide groups is 1. The van der Waals surface area contributed by atoms with Gasteiger partial charge in [0.15, 0.2) is 0 Å². The number of carbonyl (C=O) groups excluding carboxylic acids is 3. The lowest BCUT2D eigenvalue weighted by Gasteiger charge is -2.12. The van der Waals surface area contributed by atoms with E-state index < -0.39 is 0 Å². The number of carbonyl (C=O) groups is 3. The summed E-state index contributed by atoms with van der Waals surface area (Å²) < 4.78 is 15.1. The van der Waals surface area contributed by atoms with Crippen molar-refractivity contribution in [3.8, 4) is 0 Å². The molecule has 34 heavy (non-hydrogen) atoms. The maximum Gasteiger partial charge on any atom is 0.293 e. The third-order valence-corrected chi connectivity index (χ3v) is 7.18. The minimum atomic E-state index is -0.380. The summed E-state index contributed by atoms with van der Waals surface area (Å²) in [4.78, 5) is 39.6. The first kappa shape index (κ1) is 22.4. The molecule has 6 nitrogen and oxygen atoms in total. The number of thioether (sulfide) groups is 1. The summed E-state index contributed by atoms with van der Waals surface area (Å²) in [5.41, 5.74) is 2.34. The Morgan fingerprint density at radius 3 is 2.59 bits per heavy atom. The Morgan fingerprint density at radius 2 is 1.82 bits per heavy atom. The van der Waals surface area contributed by atoms with Gasteiger partial charge in [0.2, 0.25) is 5.91 Å². The minimum Gasteiger partial charge on any atom is -0.352 e. The van der Waals surface area contributed by atoms with E-state index in [1.807, 2.05) is 35.0 Å². The van der Waals surface area contributed by atoms with Gasteiger partial charge in [-0.25, -0.2) is 4.39 Å². The molecule has 1 N–H and O–H groups in total. The molecule has 3 aromatic rings. The zero-order valence-electron chi connectivity index (χ0n) is 18.5. The molecule has 2 fully saturated rings. The van der Waals surface area contributed by atoms with Crippen LogP contribution in [-0.4, -0.2) is 32.6 Å². The average molecular weight is 478 g/mol. The number of fused-ring (bicyclic) bond motifs is 1. The van der Waals surface area contributed by atoms with Crippen molar-refractivity contribution in [2.45, 2.75) is 44.8 Å². The third kappa shape index (κ3) is 4.63. The Morgan fingerprint density at radius 1 is 1.09 bits per heavy atom. The molecule has 2 aliphatic rings. The number of amides is 3. The summed E-state index contributed by atoms with van der Waals surface area (Å²) >= 11 is 0.888. The van der Waals surface area contributed by atoms with E-state index in [1.54, 1.807) is 18.2 Å². The van der Waals surface area contributed by atoms with Crippen LogP contribution >= 0.6 is 11.8 Å². The second-order valence-electron chi connectivity index (χ2n) is 8.67. The number of hydrogen-bond donors (Lipinski definition) is 1. The zero-order chi connectivity index (χ0) is 23.7. The number of nitrogens with zero attached hydrogens (tertiary/aromatic N) is 2. The molecule has 2 aromatic carbocycles. The van der Waals surface area contributed by atoms with Crippen molar-refractivity contribution in [1.82, 2.24) is 14.8 Å². The molecule has 2 heterocycles. The summed E-state index contributed by atoms with van der Waals surface area (Å²) in [6, 6.07) is 13.7. The second kappa shape index (κ2) is 9.46. The van der Waals surface area contributed by atoms with Crippen LogP contribution in [0.25, 0.3) is 17.0 Å². The molecule has 1 saturated heterocycles. The van der Waals surface area contributed by atoms with E-state index in [0.29, 0.717) is 10.5 Å². The molecule has 1 aliphatic carbocycles. The smallest absolute Gasteiger partial charge is 0.293 e. The van der Waals surface area contributed by atoms with Crippen LogP contribution in [-0.2, 0) is 22.7 Å². The van der Waals surface area contributed by atoms with Crippen LogP contribution in [0.4, 0.5) is 9.18 Å². The molecule has 0 bridgehead atoms. The van der Waals surface area contributed by atoms with E-state index in [0.717, 1.165) is 58.8 Å². The standard InChI is InChI=1S/C26H24FN3O3S/c27-19-11-9-17(10-12-19)14-30-25(32)23(34-26(30)33)13-18-15-29(22-8-4-3-7-21(18)22)16-24(31)28-20-5-1-2-6-20/h3-4,7-13,15,20H,1-2,5-6,14,16H2,(H,28,31)/b23-13-. The third-order valence-electron chi connectivity index (χ3n) is 6.27. The molecule has 3 amide bonds. The van der Waals surface area contributed by atoms with Gasteiger partial charge in [0.1, 0.15) is 12.4 Å². The molecule has 8 heteroatoms. The summed E-state index contributed by atoms with van der Waals surface area (Å²) in [5, 5.41) is 3.65. The maximum atomic E-state index is 13.2. The van der Waals surface area contributed by atoms with Crippen molar-refractivity contribution in [2.75, 3.05) is 0 Å². The molecule has 174 valence electrons. The van der Waals surface area contributed by atoms with Crippen LogP contribution in [0.1, 0.15) is 36.8 Å². The first-order chi connectivity index (χ1) is 16.5. The lowest BCUT2D eigenvalue weighted by molar-refractivity contribution is -0.123. The number of halogens is 1. The summed E-state index contributed by atoms with van der Waals surface area (Å²) in [6.07, 6.45) is 7.92. The first-order valence-electron chi connectivity index (χ1n) is 11.3. The molecule has 0 spiro atoms. The van der Waals surface area contributed by atoms with Crippen LogP contribution < -0.4 is 5.32 Å². The van der Waals surface area contributed by atoms with Crippen LogP contribution in [0.15, 0.2) is 59.6 Å². The Balaban J connectivity index is 1.38. The quantitative estimate of drug-likeness (QED) is 0.503. The maximum absolute atomic E-state index is 13.2. The van der Waals surface area contributed by atoms with Gasteiger partial charge >= 0.3 is 0 Å². The Hall–Kier alpha value is -3.39. The van der Waals surface area contributed by atoms with E-state index in [-0.39, 0.29) is 42.0 Å². The highest BCUT2D eigenvalue weighted by atomic mass is 32.2. The second-order valence-corrected chi connectivity index (χ2v) is 9.67. The fourth-order valence-electron chi connectivity index (χ4n) is 4.57. The molecule has 0 radical (unpaired) electrons. The van der Waals surface area contributed by atoms with Crippen LogP contribution in [0.5, 0.6) is 0 Å². The first-order valence-corrected chi connectivity index (χ1v) is 12.2. The monoisotopic (exact) mass is 477 g/mol. The summed E-state index contributed by atoms with van der Waals surface area (Å²) in [6.45, 7) is 0.280. The van der Waals surface area contributed by atoms with Gasteiger partial charge in [-0.1, -0.05) is 43.2 Å². The van der Waals surface area contributed by atoms with Gasteiger partial charge in [0, 0.05) is 28.7 Å². The fourth-order valence-corrected chi connectivity index (χ4v) is 5.40. The highest BCUT2D eigenvalue weighted by molar-refractivity contribution is 8.18. The van der Waals surface area contributed by atoms with Crippen molar-refractivity contribution in [3.05, 3.63) is 76.6 Å². The van der Waals surface area contributed by atoms with Crippen molar-refractivity contribution in [2.24, 2.45) is 0 Å². The van der Waals surface area contributed by atoms with Crippen molar-refractivity contribution < 1.29 is 18.8 Å². The summed E-state index contributed by atoms with van der Waals surface area (Å²) in [7, 11) is 0. The SMILES string of the molecule is O=C(Cn1cc(/C=C2\SC(=O)N(Cc3ccc(F)cc3)C2=O)c2ccccc21)NC1CCCC1. The van der Waals surface area contributed by atoms with Gasteiger partial charge in [-0.15, -0.1) is 0 Å². The minimum absolute atomic E-state index is 0.0289. The average Bonchev–Trinajstić information content (AvgIpc) is 3.52. The number of para-hydroxylation sites is 1. The van der Waals surface area contributed by atoms with Crippen molar-refractivity contribution in [1.29, 1.82) is 0 Å². The molecule has 0 unspecified atom stereocenters. The van der Waals surface area contributed by atoms with Crippen molar-refractivity contribution in [3.63, 3.8) is 0 Å². The normalized spacial score (nSPS) is 17.9. The van der Waals surface area contributed by atoms with Gasteiger partial charge < -0.3 is 9.88 Å². The topological polar surface area (TPSA) is 71.4 Å². The van der Waals surface area contributed by atoms with E-state index in [2.05, 4.69) is 5.32 Å². The number of hydrogen-bond acceptors (Lipinski definition) is 4. The van der Waals surface area contributed by atoms with E-state index in [9.17, 15) is 18.8 Å². The molecule has 5 rings (SSSR count). The number of aromatic nitrogens is 1. The van der Waals surface area contributed by atoms with Gasteiger partial charge in [0.05, 0.1) is 11.4 Å². The van der Waals surface area contributed by atoms with Gasteiger partial charge in [0.25, 0.3) is 11.1 Å². The highest BCUT2D eigenvalue weighted by Gasteiger charge is 2.35.